The maximum absolute atomic E-state index is 9.54. The fourth-order valence-electron chi connectivity index (χ4n) is 3.29. The predicted octanol–water partition coefficient (Wildman–Crippen LogP) is 3.17. The Morgan fingerprint density at radius 2 is 2.00 bits per heavy atom. The van der Waals surface area contributed by atoms with E-state index < -0.39 is 0 Å². The summed E-state index contributed by atoms with van der Waals surface area (Å²) in [5, 5.41) is 13.1. The van der Waals surface area contributed by atoms with E-state index in [0.717, 1.165) is 37.6 Å². The molecule has 2 fully saturated rings. The molecule has 20 heavy (non-hydrogen) atoms. The standard InChI is InChI=1S/C17H31N3/c1-4-17(13-18,19-16-6-7-16)9-5-10-20-11-8-14(2)15(3)12-20/h14-16,19H,4-12H2,1-3H3. The van der Waals surface area contributed by atoms with Gasteiger partial charge in [-0.1, -0.05) is 20.8 Å². The molecule has 0 radical (unpaired) electrons. The van der Waals surface area contributed by atoms with Gasteiger partial charge in [0.1, 0.15) is 5.54 Å². The topological polar surface area (TPSA) is 39.1 Å². The van der Waals surface area contributed by atoms with Crippen molar-refractivity contribution in [2.24, 2.45) is 11.8 Å². The largest absolute Gasteiger partial charge is 0.303 e. The number of hydrogen-bond acceptors (Lipinski definition) is 3. The first-order chi connectivity index (χ1) is 9.58. The second-order valence-corrected chi connectivity index (χ2v) is 7.11. The van der Waals surface area contributed by atoms with E-state index in [1.54, 1.807) is 0 Å². The third-order valence-electron chi connectivity index (χ3n) is 5.37. The number of rotatable bonds is 7. The molecule has 2 aliphatic rings. The molecule has 0 bridgehead atoms. The zero-order valence-electron chi connectivity index (χ0n) is 13.5. The van der Waals surface area contributed by atoms with E-state index in [4.69, 9.17) is 0 Å². The van der Waals surface area contributed by atoms with Crippen molar-refractivity contribution in [3.63, 3.8) is 0 Å². The first-order valence-corrected chi connectivity index (χ1v) is 8.50. The van der Waals surface area contributed by atoms with Gasteiger partial charge in [-0.15, -0.1) is 0 Å². The van der Waals surface area contributed by atoms with E-state index in [9.17, 15) is 5.26 Å². The molecule has 0 aromatic rings. The molecule has 0 aromatic heterocycles. The number of hydrogen-bond donors (Lipinski definition) is 1. The van der Waals surface area contributed by atoms with Crippen LogP contribution in [0.5, 0.6) is 0 Å². The maximum atomic E-state index is 9.54. The lowest BCUT2D eigenvalue weighted by Gasteiger charge is -2.36. The van der Waals surface area contributed by atoms with Crippen LogP contribution in [0.25, 0.3) is 0 Å². The van der Waals surface area contributed by atoms with E-state index >= 15 is 0 Å². The zero-order valence-corrected chi connectivity index (χ0v) is 13.5. The average Bonchev–Trinajstić information content (AvgIpc) is 3.25. The third kappa shape index (κ3) is 4.20. The Morgan fingerprint density at radius 3 is 2.55 bits per heavy atom. The van der Waals surface area contributed by atoms with Gasteiger partial charge >= 0.3 is 0 Å². The smallest absolute Gasteiger partial charge is 0.106 e. The molecule has 1 aliphatic carbocycles. The van der Waals surface area contributed by atoms with Crippen molar-refractivity contribution < 1.29 is 0 Å². The number of likely N-dealkylation sites (tertiary alicyclic amines) is 1. The minimum Gasteiger partial charge on any atom is -0.303 e. The van der Waals surface area contributed by atoms with Crippen molar-refractivity contribution in [2.45, 2.75) is 70.9 Å². The van der Waals surface area contributed by atoms with Crippen molar-refractivity contribution >= 4 is 0 Å². The summed E-state index contributed by atoms with van der Waals surface area (Å²) in [6.07, 6.45) is 6.90. The molecule has 0 aromatic carbocycles. The molecule has 1 saturated carbocycles. The van der Waals surface area contributed by atoms with Crippen LogP contribution in [0.4, 0.5) is 0 Å². The molecular formula is C17H31N3. The summed E-state index contributed by atoms with van der Waals surface area (Å²) in [7, 11) is 0. The van der Waals surface area contributed by atoms with Gasteiger partial charge in [0, 0.05) is 12.6 Å². The third-order valence-corrected chi connectivity index (χ3v) is 5.37. The molecule has 114 valence electrons. The first-order valence-electron chi connectivity index (χ1n) is 8.50. The Balaban J connectivity index is 1.74. The van der Waals surface area contributed by atoms with Crippen LogP contribution in [0.3, 0.4) is 0 Å². The summed E-state index contributed by atoms with van der Waals surface area (Å²) >= 11 is 0. The molecule has 1 aliphatic heterocycles. The van der Waals surface area contributed by atoms with Gasteiger partial charge in [-0.2, -0.15) is 5.26 Å². The maximum Gasteiger partial charge on any atom is 0.106 e. The van der Waals surface area contributed by atoms with Gasteiger partial charge in [0.05, 0.1) is 6.07 Å². The Labute approximate surface area is 124 Å². The van der Waals surface area contributed by atoms with E-state index in [2.05, 4.69) is 37.1 Å². The molecule has 3 unspecified atom stereocenters. The Kier molecular flexibility index (Phi) is 5.46. The normalized spacial score (nSPS) is 30.7. The highest BCUT2D eigenvalue weighted by Crippen LogP contribution is 2.27. The predicted molar refractivity (Wildman–Crippen MR) is 83.4 cm³/mol. The summed E-state index contributed by atoms with van der Waals surface area (Å²) in [6.45, 7) is 10.5. The second-order valence-electron chi connectivity index (χ2n) is 7.11. The van der Waals surface area contributed by atoms with Gasteiger partial charge in [0.15, 0.2) is 0 Å². The van der Waals surface area contributed by atoms with Crippen molar-refractivity contribution in [3.05, 3.63) is 0 Å². The lowest BCUT2D eigenvalue weighted by Crippen LogP contribution is -2.45. The molecule has 0 spiro atoms. The van der Waals surface area contributed by atoms with Crippen molar-refractivity contribution in [3.8, 4) is 6.07 Å². The van der Waals surface area contributed by atoms with Crippen molar-refractivity contribution in [1.29, 1.82) is 5.26 Å². The van der Waals surface area contributed by atoms with Crippen LogP contribution in [0.1, 0.15) is 59.3 Å². The minimum atomic E-state index is -0.268. The molecule has 3 nitrogen and oxygen atoms in total. The van der Waals surface area contributed by atoms with Crippen LogP contribution in [0.2, 0.25) is 0 Å². The highest BCUT2D eigenvalue weighted by Gasteiger charge is 2.34. The Morgan fingerprint density at radius 1 is 1.25 bits per heavy atom. The highest BCUT2D eigenvalue weighted by atomic mass is 15.1. The van der Waals surface area contributed by atoms with Crippen molar-refractivity contribution in [1.82, 2.24) is 10.2 Å². The number of nitriles is 1. The Bertz CT molecular complexity index is 345. The molecular weight excluding hydrogens is 246 g/mol. The minimum absolute atomic E-state index is 0.268. The van der Waals surface area contributed by atoms with Gasteiger partial charge in [-0.05, 0) is 63.5 Å². The van der Waals surface area contributed by atoms with Crippen LogP contribution in [0, 0.1) is 23.2 Å². The van der Waals surface area contributed by atoms with Gasteiger partial charge in [0.2, 0.25) is 0 Å². The van der Waals surface area contributed by atoms with E-state index in [-0.39, 0.29) is 5.54 Å². The van der Waals surface area contributed by atoms with Gasteiger partial charge in [-0.3, -0.25) is 5.32 Å². The first kappa shape index (κ1) is 15.8. The SMILES string of the molecule is CCC(C#N)(CCCN1CCC(C)C(C)C1)NC1CC1. The summed E-state index contributed by atoms with van der Waals surface area (Å²) in [5.41, 5.74) is -0.268. The summed E-state index contributed by atoms with van der Waals surface area (Å²) in [6, 6.07) is 3.18. The fraction of sp³-hybridized carbons (Fsp3) is 0.941. The number of nitrogens with zero attached hydrogens (tertiary/aromatic N) is 2. The van der Waals surface area contributed by atoms with Crippen molar-refractivity contribution in [2.75, 3.05) is 19.6 Å². The fourth-order valence-corrected chi connectivity index (χ4v) is 3.29. The lowest BCUT2D eigenvalue weighted by atomic mass is 9.88. The Hall–Kier alpha value is -0.590. The van der Waals surface area contributed by atoms with E-state index in [0.29, 0.717) is 6.04 Å². The van der Waals surface area contributed by atoms with Crippen LogP contribution < -0.4 is 5.32 Å². The van der Waals surface area contributed by atoms with Gasteiger partial charge in [0.25, 0.3) is 0 Å². The molecule has 0 amide bonds. The van der Waals surface area contributed by atoms with Gasteiger partial charge in [-0.25, -0.2) is 0 Å². The molecule has 3 heteroatoms. The van der Waals surface area contributed by atoms with Crippen LogP contribution >= 0.6 is 0 Å². The van der Waals surface area contributed by atoms with Crippen LogP contribution in [0.15, 0.2) is 0 Å². The van der Waals surface area contributed by atoms with Gasteiger partial charge < -0.3 is 4.90 Å². The molecule has 1 heterocycles. The monoisotopic (exact) mass is 277 g/mol. The van der Waals surface area contributed by atoms with Crippen LogP contribution in [-0.2, 0) is 0 Å². The molecule has 2 rings (SSSR count). The zero-order chi connectivity index (χ0) is 14.6. The van der Waals surface area contributed by atoms with E-state index in [1.807, 2.05) is 0 Å². The van der Waals surface area contributed by atoms with E-state index in [1.165, 1.54) is 32.4 Å². The highest BCUT2D eigenvalue weighted by molar-refractivity contribution is 5.09. The molecule has 1 saturated heterocycles. The summed E-state index contributed by atoms with van der Waals surface area (Å²) in [4.78, 5) is 2.60. The molecule has 1 N–H and O–H groups in total. The molecule has 3 atom stereocenters. The van der Waals surface area contributed by atoms with Crippen LogP contribution in [-0.4, -0.2) is 36.1 Å². The summed E-state index contributed by atoms with van der Waals surface area (Å²) < 4.78 is 0. The number of nitrogens with one attached hydrogen (secondary N) is 1. The lowest BCUT2D eigenvalue weighted by molar-refractivity contribution is 0.134. The quantitative estimate of drug-likeness (QED) is 0.777. The summed E-state index contributed by atoms with van der Waals surface area (Å²) in [5.74, 6) is 1.69. The second kappa shape index (κ2) is 6.91. The number of piperidine rings is 1. The average molecular weight is 277 g/mol.